The smallest absolute Gasteiger partial charge is 0.407 e. The van der Waals surface area contributed by atoms with Crippen LogP contribution in [0.3, 0.4) is 0 Å². The van der Waals surface area contributed by atoms with Crippen LogP contribution in [0.25, 0.3) is 0 Å². The summed E-state index contributed by atoms with van der Waals surface area (Å²) in [6.45, 7) is 7.25. The van der Waals surface area contributed by atoms with Crippen molar-refractivity contribution in [3.05, 3.63) is 29.8 Å². The normalized spacial score (nSPS) is 17.5. The molecule has 6 heteroatoms. The minimum absolute atomic E-state index is 0.0793. The number of carbonyl (C=O) groups excluding carboxylic acids is 1. The van der Waals surface area contributed by atoms with Gasteiger partial charge in [0.2, 0.25) is 0 Å². The second-order valence-corrected chi connectivity index (χ2v) is 7.18. The Balaban J connectivity index is 1.91. The van der Waals surface area contributed by atoms with E-state index < -0.39 is 23.9 Å². The monoisotopic (exact) mass is 336 g/mol. The number of anilines is 1. The molecule has 0 aliphatic carbocycles. The van der Waals surface area contributed by atoms with Crippen LogP contribution in [0, 0.1) is 0 Å². The highest BCUT2D eigenvalue weighted by molar-refractivity contribution is 5.67. The molecule has 134 valence electrons. The summed E-state index contributed by atoms with van der Waals surface area (Å²) in [7, 11) is 0. The number of hydrogen-bond acceptors (Lipinski definition) is 5. The van der Waals surface area contributed by atoms with E-state index in [0.717, 1.165) is 18.8 Å². The summed E-state index contributed by atoms with van der Waals surface area (Å²) in [5.74, 6) is 0. The maximum Gasteiger partial charge on any atom is 0.407 e. The third-order valence-corrected chi connectivity index (χ3v) is 3.90. The van der Waals surface area contributed by atoms with Crippen LogP contribution in [0.1, 0.15) is 45.3 Å². The zero-order valence-corrected chi connectivity index (χ0v) is 14.7. The number of alkyl carbamates (subject to hydrolysis) is 1. The predicted molar refractivity (Wildman–Crippen MR) is 93.1 cm³/mol. The maximum atomic E-state index is 11.6. The molecule has 2 unspecified atom stereocenters. The summed E-state index contributed by atoms with van der Waals surface area (Å²) in [6.07, 6.45) is -0.432. The van der Waals surface area contributed by atoms with E-state index in [1.54, 1.807) is 26.8 Å². The van der Waals surface area contributed by atoms with Gasteiger partial charge in [-0.3, -0.25) is 0 Å². The van der Waals surface area contributed by atoms with Gasteiger partial charge >= 0.3 is 6.09 Å². The molecule has 1 heterocycles. The van der Waals surface area contributed by atoms with Gasteiger partial charge in [-0.1, -0.05) is 12.1 Å². The number of amides is 1. The molecule has 1 aliphatic rings. The molecule has 0 saturated carbocycles. The van der Waals surface area contributed by atoms with Crippen LogP contribution < -0.4 is 10.2 Å². The van der Waals surface area contributed by atoms with Gasteiger partial charge in [-0.25, -0.2) is 4.79 Å². The van der Waals surface area contributed by atoms with E-state index in [1.807, 2.05) is 18.2 Å². The van der Waals surface area contributed by atoms with Crippen LogP contribution in [0.4, 0.5) is 10.5 Å². The molecule has 0 radical (unpaired) electrons. The molecule has 0 aromatic heterocycles. The first-order valence-corrected chi connectivity index (χ1v) is 8.44. The minimum Gasteiger partial charge on any atom is -0.444 e. The predicted octanol–water partition coefficient (Wildman–Crippen LogP) is 2.21. The second-order valence-electron chi connectivity index (χ2n) is 7.18. The third kappa shape index (κ3) is 5.39. The van der Waals surface area contributed by atoms with Crippen LogP contribution >= 0.6 is 0 Å². The van der Waals surface area contributed by atoms with Gasteiger partial charge in [-0.2, -0.15) is 0 Å². The van der Waals surface area contributed by atoms with E-state index in [0.29, 0.717) is 5.56 Å². The Morgan fingerprint density at radius 3 is 2.58 bits per heavy atom. The van der Waals surface area contributed by atoms with E-state index in [-0.39, 0.29) is 6.54 Å². The molecule has 1 aromatic rings. The topological polar surface area (TPSA) is 82.0 Å². The van der Waals surface area contributed by atoms with Crippen LogP contribution in [0.15, 0.2) is 24.3 Å². The Kier molecular flexibility index (Phi) is 6.07. The fourth-order valence-electron chi connectivity index (χ4n) is 2.72. The summed E-state index contributed by atoms with van der Waals surface area (Å²) in [5.41, 5.74) is 1.09. The van der Waals surface area contributed by atoms with Crippen molar-refractivity contribution < 1.29 is 19.7 Å². The zero-order chi connectivity index (χ0) is 17.7. The standard InChI is InChI=1S/C18H28N2O4/c1-18(2,3)24-17(23)19-12-15(21)16(22)13-7-6-8-14(11-13)20-9-4-5-10-20/h6-8,11,15-16,21-22H,4-5,9-10,12H2,1-3H3,(H,19,23). The quantitative estimate of drug-likeness (QED) is 0.768. The minimum atomic E-state index is -1.11. The molecule has 24 heavy (non-hydrogen) atoms. The molecule has 2 atom stereocenters. The van der Waals surface area contributed by atoms with Gasteiger partial charge in [-0.05, 0) is 51.3 Å². The fourth-order valence-corrected chi connectivity index (χ4v) is 2.72. The number of aliphatic hydroxyl groups excluding tert-OH is 2. The lowest BCUT2D eigenvalue weighted by atomic mass is 10.0. The molecule has 6 nitrogen and oxygen atoms in total. The number of aliphatic hydroxyl groups is 2. The number of rotatable bonds is 5. The first-order valence-electron chi connectivity index (χ1n) is 8.44. The molecule has 1 saturated heterocycles. The van der Waals surface area contributed by atoms with E-state index in [1.165, 1.54) is 12.8 Å². The molecule has 1 aliphatic heterocycles. The van der Waals surface area contributed by atoms with Gasteiger partial charge in [0.15, 0.2) is 0 Å². The highest BCUT2D eigenvalue weighted by atomic mass is 16.6. The zero-order valence-electron chi connectivity index (χ0n) is 14.7. The Bertz CT molecular complexity index is 550. The van der Waals surface area contributed by atoms with Crippen molar-refractivity contribution in [1.29, 1.82) is 0 Å². The second kappa shape index (κ2) is 7.85. The van der Waals surface area contributed by atoms with Gasteiger partial charge in [0.1, 0.15) is 17.8 Å². The average Bonchev–Trinajstić information content (AvgIpc) is 3.05. The largest absolute Gasteiger partial charge is 0.444 e. The van der Waals surface area contributed by atoms with Gasteiger partial charge in [0, 0.05) is 25.3 Å². The van der Waals surface area contributed by atoms with Crippen molar-refractivity contribution in [2.45, 2.75) is 51.4 Å². The number of benzene rings is 1. The average molecular weight is 336 g/mol. The number of nitrogens with zero attached hydrogens (tertiary/aromatic N) is 1. The first-order chi connectivity index (χ1) is 11.3. The molecular formula is C18H28N2O4. The van der Waals surface area contributed by atoms with Crippen molar-refractivity contribution >= 4 is 11.8 Å². The van der Waals surface area contributed by atoms with E-state index >= 15 is 0 Å². The summed E-state index contributed by atoms with van der Waals surface area (Å²) in [5, 5.41) is 23.0. The molecule has 1 fully saturated rings. The number of hydrogen-bond donors (Lipinski definition) is 3. The summed E-state index contributed by atoms with van der Waals surface area (Å²) in [6, 6.07) is 7.56. The SMILES string of the molecule is CC(C)(C)OC(=O)NCC(O)C(O)c1cccc(N2CCCC2)c1. The highest BCUT2D eigenvalue weighted by Crippen LogP contribution is 2.25. The van der Waals surface area contributed by atoms with E-state index in [4.69, 9.17) is 4.74 Å². The van der Waals surface area contributed by atoms with Crippen LogP contribution in [-0.2, 0) is 4.74 Å². The lowest BCUT2D eigenvalue weighted by Gasteiger charge is -2.23. The highest BCUT2D eigenvalue weighted by Gasteiger charge is 2.22. The van der Waals surface area contributed by atoms with Crippen molar-refractivity contribution in [2.24, 2.45) is 0 Å². The lowest BCUT2D eigenvalue weighted by Crippen LogP contribution is -2.38. The van der Waals surface area contributed by atoms with Crippen molar-refractivity contribution in [3.8, 4) is 0 Å². The van der Waals surface area contributed by atoms with E-state index in [2.05, 4.69) is 10.2 Å². The summed E-state index contributed by atoms with van der Waals surface area (Å²) >= 11 is 0. The number of ether oxygens (including phenoxy) is 1. The molecule has 3 N–H and O–H groups in total. The van der Waals surface area contributed by atoms with Gasteiger partial charge in [0.05, 0.1) is 0 Å². The third-order valence-electron chi connectivity index (χ3n) is 3.90. The Morgan fingerprint density at radius 1 is 1.29 bits per heavy atom. The molecular weight excluding hydrogens is 308 g/mol. The molecule has 1 amide bonds. The molecule has 0 spiro atoms. The van der Waals surface area contributed by atoms with Crippen molar-refractivity contribution in [3.63, 3.8) is 0 Å². The Labute approximate surface area is 143 Å². The van der Waals surface area contributed by atoms with Gasteiger partial charge in [0.25, 0.3) is 0 Å². The van der Waals surface area contributed by atoms with Crippen molar-refractivity contribution in [1.82, 2.24) is 5.32 Å². The molecule has 1 aromatic carbocycles. The molecule has 2 rings (SSSR count). The Morgan fingerprint density at radius 2 is 1.96 bits per heavy atom. The molecule has 0 bridgehead atoms. The maximum absolute atomic E-state index is 11.6. The number of carbonyl (C=O) groups is 1. The summed E-state index contributed by atoms with van der Waals surface area (Å²) in [4.78, 5) is 13.9. The van der Waals surface area contributed by atoms with Crippen LogP contribution in [-0.4, -0.2) is 47.6 Å². The lowest BCUT2D eigenvalue weighted by molar-refractivity contribution is 0.0129. The van der Waals surface area contributed by atoms with E-state index in [9.17, 15) is 15.0 Å². The Hall–Kier alpha value is -1.79. The van der Waals surface area contributed by atoms with Gasteiger partial charge < -0.3 is 25.2 Å². The number of nitrogens with one attached hydrogen (secondary N) is 1. The van der Waals surface area contributed by atoms with Crippen LogP contribution in [0.2, 0.25) is 0 Å². The van der Waals surface area contributed by atoms with Crippen molar-refractivity contribution in [2.75, 3.05) is 24.5 Å². The van der Waals surface area contributed by atoms with Crippen LogP contribution in [0.5, 0.6) is 0 Å². The first kappa shape index (κ1) is 18.5. The summed E-state index contributed by atoms with van der Waals surface area (Å²) < 4.78 is 5.11. The van der Waals surface area contributed by atoms with Gasteiger partial charge in [-0.15, -0.1) is 0 Å². The fraction of sp³-hybridized carbons (Fsp3) is 0.611.